The largest absolute Gasteiger partial charge is 0.306 e. The van der Waals surface area contributed by atoms with Crippen LogP contribution in [0.25, 0.3) is 0 Å². The number of unbranched alkanes of at least 4 members (excludes halogenated alkanes) is 9. The summed E-state index contributed by atoms with van der Waals surface area (Å²) in [6.07, 6.45) is 18.2. The molecule has 0 aliphatic rings. The van der Waals surface area contributed by atoms with Gasteiger partial charge >= 0.3 is 0 Å². The molecule has 0 saturated heterocycles. The maximum absolute atomic E-state index is 10.4. The van der Waals surface area contributed by atoms with E-state index in [0.717, 1.165) is 25.7 Å². The Hall–Kier alpha value is -0.150. The fraction of sp³-hybridized carbons (Fsp3) is 0.867. The molecule has 1 N–H and O–H groups in total. The molecule has 0 spiro atoms. The number of allylic oxidation sites excluding steroid dienone is 2. The van der Waals surface area contributed by atoms with Gasteiger partial charge in [-0.3, -0.25) is 0 Å². The van der Waals surface area contributed by atoms with E-state index in [0.29, 0.717) is 5.75 Å². The van der Waals surface area contributed by atoms with Crippen molar-refractivity contribution in [2.75, 3.05) is 5.75 Å². The van der Waals surface area contributed by atoms with Gasteiger partial charge in [0.1, 0.15) is 0 Å². The molecule has 0 bridgehead atoms. The molecular weight excluding hydrogens is 244 g/mol. The molecule has 108 valence electrons. The molecule has 0 fully saturated rings. The van der Waals surface area contributed by atoms with E-state index in [1.807, 2.05) is 0 Å². The third-order valence-corrected chi connectivity index (χ3v) is 3.72. The highest BCUT2D eigenvalue weighted by Crippen LogP contribution is 2.08. The van der Waals surface area contributed by atoms with Crippen LogP contribution in [0.3, 0.4) is 0 Å². The van der Waals surface area contributed by atoms with Crippen molar-refractivity contribution in [3.63, 3.8) is 0 Å². The summed E-state index contributed by atoms with van der Waals surface area (Å²) in [6.45, 7) is 2.25. The van der Waals surface area contributed by atoms with Gasteiger partial charge in [-0.25, -0.2) is 4.21 Å². The van der Waals surface area contributed by atoms with E-state index in [4.69, 9.17) is 4.55 Å². The van der Waals surface area contributed by atoms with Gasteiger partial charge in [-0.1, -0.05) is 57.6 Å². The molecule has 0 aromatic rings. The second kappa shape index (κ2) is 14.9. The van der Waals surface area contributed by atoms with Gasteiger partial charge in [0.2, 0.25) is 0 Å². The number of hydrogen-bond donors (Lipinski definition) is 1. The molecule has 0 aromatic heterocycles. The normalized spacial score (nSPS) is 13.2. The highest BCUT2D eigenvalue weighted by molar-refractivity contribution is 7.79. The van der Waals surface area contributed by atoms with Crippen LogP contribution in [-0.2, 0) is 11.1 Å². The Bertz CT molecular complexity index is 215. The molecule has 0 rings (SSSR count). The first-order valence-electron chi connectivity index (χ1n) is 7.49. The Kier molecular flexibility index (Phi) is 14.8. The average molecular weight is 274 g/mol. The minimum Gasteiger partial charge on any atom is -0.306 e. The average Bonchev–Trinajstić information content (AvgIpc) is 2.34. The van der Waals surface area contributed by atoms with Gasteiger partial charge in [-0.05, 0) is 32.1 Å². The van der Waals surface area contributed by atoms with Gasteiger partial charge in [0.25, 0.3) is 0 Å². The first kappa shape index (κ1) is 17.8. The summed E-state index contributed by atoms with van der Waals surface area (Å²) in [5.74, 6) is 0.432. The van der Waals surface area contributed by atoms with Crippen LogP contribution in [-0.4, -0.2) is 14.5 Å². The Labute approximate surface area is 116 Å². The summed E-state index contributed by atoms with van der Waals surface area (Å²) < 4.78 is 19.0. The molecule has 18 heavy (non-hydrogen) atoms. The summed E-state index contributed by atoms with van der Waals surface area (Å²) in [5, 5.41) is 0. The van der Waals surface area contributed by atoms with E-state index in [9.17, 15) is 4.21 Å². The lowest BCUT2D eigenvalue weighted by Crippen LogP contribution is -1.93. The zero-order valence-electron chi connectivity index (χ0n) is 11.9. The Morgan fingerprint density at radius 2 is 1.33 bits per heavy atom. The lowest BCUT2D eigenvalue weighted by atomic mass is 10.1. The quantitative estimate of drug-likeness (QED) is 0.289. The van der Waals surface area contributed by atoms with Gasteiger partial charge in [0.15, 0.2) is 11.1 Å². The van der Waals surface area contributed by atoms with Gasteiger partial charge in [-0.15, -0.1) is 0 Å². The molecule has 1 atom stereocenters. The molecule has 0 aliphatic carbocycles. The van der Waals surface area contributed by atoms with Crippen LogP contribution in [0, 0.1) is 0 Å². The summed E-state index contributed by atoms with van der Waals surface area (Å²) in [7, 11) is 0. The van der Waals surface area contributed by atoms with Crippen molar-refractivity contribution in [1.29, 1.82) is 0 Å². The van der Waals surface area contributed by atoms with Crippen molar-refractivity contribution in [2.45, 2.75) is 77.6 Å². The highest BCUT2D eigenvalue weighted by Gasteiger charge is 1.92. The van der Waals surface area contributed by atoms with E-state index in [1.165, 1.54) is 44.9 Å². The van der Waals surface area contributed by atoms with Crippen LogP contribution >= 0.6 is 0 Å². The Morgan fingerprint density at radius 1 is 0.833 bits per heavy atom. The van der Waals surface area contributed by atoms with Crippen molar-refractivity contribution in [1.82, 2.24) is 0 Å². The molecule has 0 aliphatic heterocycles. The predicted molar refractivity (Wildman–Crippen MR) is 81.2 cm³/mol. The van der Waals surface area contributed by atoms with Gasteiger partial charge < -0.3 is 4.55 Å². The first-order valence-corrected chi connectivity index (χ1v) is 8.77. The zero-order chi connectivity index (χ0) is 13.5. The Morgan fingerprint density at radius 3 is 1.89 bits per heavy atom. The molecule has 0 heterocycles. The maximum Gasteiger partial charge on any atom is 0.152 e. The third kappa shape index (κ3) is 15.9. The van der Waals surface area contributed by atoms with Crippen LogP contribution in [0.1, 0.15) is 77.6 Å². The van der Waals surface area contributed by atoms with Crippen molar-refractivity contribution >= 4 is 11.1 Å². The molecular formula is C15H30O2S. The van der Waals surface area contributed by atoms with Gasteiger partial charge in [0, 0.05) is 5.75 Å². The molecule has 3 heteroatoms. The standard InChI is InChI=1S/C15H30O2S/c1-2-3-4-5-6-7-8-9-10-11-12-13-14-15-18(16)17/h9-10H,2-8,11-15H2,1H3,(H,16,17). The van der Waals surface area contributed by atoms with E-state index in [1.54, 1.807) is 0 Å². The van der Waals surface area contributed by atoms with Crippen molar-refractivity contribution in [3.8, 4) is 0 Å². The lowest BCUT2D eigenvalue weighted by Gasteiger charge is -1.98. The smallest absolute Gasteiger partial charge is 0.152 e. The first-order chi connectivity index (χ1) is 8.77. The third-order valence-electron chi connectivity index (χ3n) is 3.08. The minimum absolute atomic E-state index is 0.432. The van der Waals surface area contributed by atoms with Crippen LogP contribution in [0.5, 0.6) is 0 Å². The van der Waals surface area contributed by atoms with Crippen LogP contribution in [0.4, 0.5) is 0 Å². The summed E-state index contributed by atoms with van der Waals surface area (Å²) >= 11 is -1.60. The van der Waals surface area contributed by atoms with Crippen LogP contribution in [0.15, 0.2) is 12.2 Å². The summed E-state index contributed by atoms with van der Waals surface area (Å²) in [6, 6.07) is 0. The second-order valence-electron chi connectivity index (χ2n) is 4.90. The molecule has 0 radical (unpaired) electrons. The van der Waals surface area contributed by atoms with Crippen molar-refractivity contribution in [2.24, 2.45) is 0 Å². The van der Waals surface area contributed by atoms with Gasteiger partial charge in [0.05, 0.1) is 0 Å². The van der Waals surface area contributed by atoms with Crippen molar-refractivity contribution in [3.05, 3.63) is 12.2 Å². The highest BCUT2D eigenvalue weighted by atomic mass is 32.2. The predicted octanol–water partition coefficient (Wildman–Crippen LogP) is 5.08. The zero-order valence-corrected chi connectivity index (χ0v) is 12.7. The fourth-order valence-corrected chi connectivity index (χ4v) is 2.39. The lowest BCUT2D eigenvalue weighted by molar-refractivity contribution is 0.559. The van der Waals surface area contributed by atoms with Gasteiger partial charge in [-0.2, -0.15) is 0 Å². The SMILES string of the molecule is CCCCCCCCC=CCCCCCS(=O)O. The van der Waals surface area contributed by atoms with E-state index >= 15 is 0 Å². The van der Waals surface area contributed by atoms with E-state index in [-0.39, 0.29) is 0 Å². The van der Waals surface area contributed by atoms with Crippen molar-refractivity contribution < 1.29 is 8.76 Å². The number of rotatable bonds is 13. The fourth-order valence-electron chi connectivity index (χ4n) is 1.94. The van der Waals surface area contributed by atoms with Crippen LogP contribution in [0.2, 0.25) is 0 Å². The Balaban J connectivity index is 3.07. The minimum atomic E-state index is -1.60. The maximum atomic E-state index is 10.4. The summed E-state index contributed by atoms with van der Waals surface area (Å²) in [4.78, 5) is 0. The molecule has 0 saturated carbocycles. The topological polar surface area (TPSA) is 37.3 Å². The van der Waals surface area contributed by atoms with E-state index < -0.39 is 11.1 Å². The molecule has 0 aromatic carbocycles. The number of hydrogen-bond acceptors (Lipinski definition) is 1. The summed E-state index contributed by atoms with van der Waals surface area (Å²) in [5.41, 5.74) is 0. The molecule has 1 unspecified atom stereocenters. The molecule has 0 amide bonds. The van der Waals surface area contributed by atoms with E-state index in [2.05, 4.69) is 19.1 Å². The second-order valence-corrected chi connectivity index (χ2v) is 5.95. The van der Waals surface area contributed by atoms with Crippen LogP contribution < -0.4 is 0 Å². The monoisotopic (exact) mass is 274 g/mol. The molecule has 2 nitrogen and oxygen atoms in total.